The third-order valence-electron chi connectivity index (χ3n) is 6.06. The number of hydrogen-bond acceptors (Lipinski definition) is 10. The second-order valence-electron chi connectivity index (χ2n) is 9.35. The van der Waals surface area contributed by atoms with Gasteiger partial charge in [-0.1, -0.05) is 53.5 Å². The van der Waals surface area contributed by atoms with Gasteiger partial charge in [-0.25, -0.2) is 19.6 Å². The largest absolute Gasteiger partial charge is 0.508 e. The van der Waals surface area contributed by atoms with Crippen LogP contribution in [0, 0.1) is 0 Å². The maximum atomic E-state index is 11.8. The predicted octanol–water partition coefficient (Wildman–Crippen LogP) is 8.41. The van der Waals surface area contributed by atoms with Gasteiger partial charge >= 0.3 is 11.9 Å². The van der Waals surface area contributed by atoms with Crippen molar-refractivity contribution in [3.63, 3.8) is 0 Å². The van der Waals surface area contributed by atoms with E-state index in [2.05, 4.69) is 9.97 Å². The number of nitrogens with zero attached hydrogens (tertiary/aromatic N) is 2. The first-order valence-corrected chi connectivity index (χ1v) is 16.4. The lowest BCUT2D eigenvalue weighted by atomic mass is 10.1. The van der Waals surface area contributed by atoms with Crippen LogP contribution in [0.1, 0.15) is 61.5 Å². The Morgan fingerprint density at radius 3 is 1.87 bits per heavy atom. The number of thiazole rings is 2. The highest BCUT2D eigenvalue weighted by molar-refractivity contribution is 7.10. The smallest absolute Gasteiger partial charge is 0.357 e. The lowest BCUT2D eigenvalue weighted by Crippen LogP contribution is -2.05. The zero-order valence-corrected chi connectivity index (χ0v) is 27.6. The number of benzene rings is 3. The molecule has 2 heterocycles. The number of esters is 2. The molecule has 3 aromatic carbocycles. The van der Waals surface area contributed by atoms with E-state index in [9.17, 15) is 14.7 Å². The van der Waals surface area contributed by atoms with Gasteiger partial charge in [0.2, 0.25) is 0 Å². The van der Waals surface area contributed by atoms with Crippen molar-refractivity contribution < 1.29 is 28.9 Å². The maximum Gasteiger partial charge on any atom is 0.357 e. The zero-order valence-electron chi connectivity index (χ0n) is 24.5. The number of halogens is 2. The van der Waals surface area contributed by atoms with Gasteiger partial charge < -0.3 is 19.3 Å². The molecule has 2 aromatic heterocycles. The van der Waals surface area contributed by atoms with Crippen molar-refractivity contribution in [3.8, 4) is 11.5 Å². The molecule has 0 radical (unpaired) electrons. The Kier molecular flexibility index (Phi) is 12.8. The van der Waals surface area contributed by atoms with Gasteiger partial charge in [0.15, 0.2) is 11.4 Å². The number of phenols is 1. The molecule has 5 aromatic rings. The average molecular weight is 686 g/mol. The molecule has 234 valence electrons. The van der Waals surface area contributed by atoms with Crippen LogP contribution in [0.5, 0.6) is 11.5 Å². The Morgan fingerprint density at radius 2 is 1.29 bits per heavy atom. The molecule has 0 atom stereocenters. The Bertz CT molecular complexity index is 1730. The Hall–Kier alpha value is -3.96. The van der Waals surface area contributed by atoms with Gasteiger partial charge in [0, 0.05) is 44.8 Å². The summed E-state index contributed by atoms with van der Waals surface area (Å²) in [6, 6.07) is 20.3. The van der Waals surface area contributed by atoms with Gasteiger partial charge in [-0.05, 0) is 55.8 Å². The van der Waals surface area contributed by atoms with Crippen molar-refractivity contribution in [1.29, 1.82) is 0 Å². The normalized spacial score (nSPS) is 10.5. The highest BCUT2D eigenvalue weighted by Gasteiger charge is 2.15. The number of hydrogen-bond donors (Lipinski definition) is 1. The number of aromatic hydroxyl groups is 1. The van der Waals surface area contributed by atoms with Gasteiger partial charge in [-0.2, -0.15) is 0 Å². The zero-order chi connectivity index (χ0) is 32.2. The first-order valence-electron chi connectivity index (χ1n) is 13.9. The molecule has 0 aliphatic rings. The van der Waals surface area contributed by atoms with Gasteiger partial charge in [-0.3, -0.25) is 0 Å². The van der Waals surface area contributed by atoms with Crippen molar-refractivity contribution in [2.45, 2.75) is 33.3 Å². The van der Waals surface area contributed by atoms with Crippen LogP contribution in [0.15, 0.2) is 77.5 Å². The van der Waals surface area contributed by atoms with Crippen molar-refractivity contribution in [3.05, 3.63) is 126 Å². The number of carbonyl (C=O) groups excluding carboxylic acids is 2. The minimum Gasteiger partial charge on any atom is -0.508 e. The summed E-state index contributed by atoms with van der Waals surface area (Å²) in [6.45, 7) is 4.64. The minimum absolute atomic E-state index is 0.164. The Morgan fingerprint density at radius 1 is 0.756 bits per heavy atom. The molecule has 0 amide bonds. The fraction of sp³-hybridized carbons (Fsp3) is 0.212. The Labute approximate surface area is 279 Å². The molecule has 0 unspecified atom stereocenters. The van der Waals surface area contributed by atoms with Crippen LogP contribution in [0.3, 0.4) is 0 Å². The number of ether oxygens (including phenoxy) is 3. The molecule has 1 N–H and O–H groups in total. The summed E-state index contributed by atoms with van der Waals surface area (Å²) < 4.78 is 15.8. The summed E-state index contributed by atoms with van der Waals surface area (Å²) >= 11 is 14.8. The molecule has 5 rings (SSSR count). The van der Waals surface area contributed by atoms with E-state index in [4.69, 9.17) is 37.4 Å². The molecule has 8 nitrogen and oxygen atoms in total. The van der Waals surface area contributed by atoms with Crippen LogP contribution >= 0.6 is 45.9 Å². The highest BCUT2D eigenvalue weighted by atomic mass is 35.5. The minimum atomic E-state index is -0.430. The van der Waals surface area contributed by atoms with Gasteiger partial charge in [0.05, 0.1) is 23.2 Å². The second-order valence-corrected chi connectivity index (χ2v) is 12.1. The molecule has 0 aliphatic heterocycles. The molecule has 0 spiro atoms. The number of phenolic OH excluding ortho intramolecular Hbond substituents is 1. The van der Waals surface area contributed by atoms with Crippen LogP contribution < -0.4 is 4.74 Å². The van der Waals surface area contributed by atoms with Gasteiger partial charge in [-0.15, -0.1) is 22.7 Å². The summed E-state index contributed by atoms with van der Waals surface area (Å²) in [5, 5.41) is 15.8. The van der Waals surface area contributed by atoms with Crippen molar-refractivity contribution in [1.82, 2.24) is 9.97 Å². The fourth-order valence-electron chi connectivity index (χ4n) is 3.97. The molecule has 0 aliphatic carbocycles. The predicted molar refractivity (Wildman–Crippen MR) is 177 cm³/mol. The molecular formula is C33H30Cl2N2O6S2. The van der Waals surface area contributed by atoms with Crippen LogP contribution in [-0.2, 0) is 28.9 Å². The number of rotatable bonds is 11. The summed E-state index contributed by atoms with van der Waals surface area (Å²) in [4.78, 5) is 31.8. The maximum absolute atomic E-state index is 11.8. The SMILES string of the molecule is CCOC(=O)c1csc(Cc2cc(Cl)ccc2O)n1.CCOC(=O)c1csc(Cc2cc(Cl)ccc2OCc2ccccc2)n1. The van der Waals surface area contributed by atoms with Crippen molar-refractivity contribution in [2.24, 2.45) is 0 Å². The average Bonchev–Trinajstić information content (AvgIpc) is 3.70. The third kappa shape index (κ3) is 10.3. The van der Waals surface area contributed by atoms with Gasteiger partial charge in [0.1, 0.15) is 18.1 Å². The molecule has 0 saturated carbocycles. The van der Waals surface area contributed by atoms with E-state index in [0.717, 1.165) is 26.9 Å². The van der Waals surface area contributed by atoms with E-state index < -0.39 is 11.9 Å². The van der Waals surface area contributed by atoms with Crippen LogP contribution in [0.25, 0.3) is 0 Å². The summed E-state index contributed by atoms with van der Waals surface area (Å²) in [6.07, 6.45) is 0.964. The lowest BCUT2D eigenvalue weighted by molar-refractivity contribution is 0.0511. The third-order valence-corrected chi connectivity index (χ3v) is 8.23. The fourth-order valence-corrected chi connectivity index (χ4v) is 5.93. The lowest BCUT2D eigenvalue weighted by Gasteiger charge is -2.11. The quantitative estimate of drug-likeness (QED) is 0.138. The first kappa shape index (κ1) is 33.9. The molecular weight excluding hydrogens is 655 g/mol. The summed E-state index contributed by atoms with van der Waals surface area (Å²) in [5.74, 6) is 0.0883. The molecule has 0 saturated heterocycles. The second kappa shape index (κ2) is 16.9. The highest BCUT2D eigenvalue weighted by Crippen LogP contribution is 2.28. The molecule has 12 heteroatoms. The first-order chi connectivity index (χ1) is 21.7. The van der Waals surface area contributed by atoms with Crippen LogP contribution in [-0.4, -0.2) is 40.2 Å². The number of carbonyl (C=O) groups is 2. The van der Waals surface area contributed by atoms with E-state index in [0.29, 0.717) is 59.7 Å². The molecule has 45 heavy (non-hydrogen) atoms. The monoisotopic (exact) mass is 684 g/mol. The van der Waals surface area contributed by atoms with E-state index in [1.54, 1.807) is 42.8 Å². The van der Waals surface area contributed by atoms with E-state index >= 15 is 0 Å². The summed E-state index contributed by atoms with van der Waals surface area (Å²) in [5.41, 5.74) is 3.33. The van der Waals surface area contributed by atoms with Crippen LogP contribution in [0.4, 0.5) is 0 Å². The molecule has 0 fully saturated rings. The molecule has 0 bridgehead atoms. The van der Waals surface area contributed by atoms with E-state index in [1.807, 2.05) is 42.5 Å². The van der Waals surface area contributed by atoms with Crippen LogP contribution in [0.2, 0.25) is 10.0 Å². The van der Waals surface area contributed by atoms with Crippen molar-refractivity contribution in [2.75, 3.05) is 13.2 Å². The standard InChI is InChI=1S/C20H18ClNO3S.C13H12ClNO3S/c1-2-24-20(23)17-13-26-19(22-17)11-15-10-16(21)8-9-18(15)25-12-14-6-4-3-5-7-14;1-2-18-13(17)10-7-19-12(15-10)6-8-5-9(14)3-4-11(8)16/h3-10,13H,2,11-12H2,1H3;3-5,7,16H,2,6H2,1H3. The number of aromatic nitrogens is 2. The van der Waals surface area contributed by atoms with Crippen molar-refractivity contribution >= 4 is 57.8 Å². The van der Waals surface area contributed by atoms with Gasteiger partial charge in [0.25, 0.3) is 0 Å². The Balaban J connectivity index is 0.000000215. The topological polar surface area (TPSA) is 108 Å². The van der Waals surface area contributed by atoms with E-state index in [1.165, 1.54) is 28.7 Å². The van der Waals surface area contributed by atoms with E-state index in [-0.39, 0.29) is 5.75 Å². The summed E-state index contributed by atoms with van der Waals surface area (Å²) in [7, 11) is 0.